The van der Waals surface area contributed by atoms with Gasteiger partial charge >= 0.3 is 0 Å². The predicted molar refractivity (Wildman–Crippen MR) is 72.2 cm³/mol. The van der Waals surface area contributed by atoms with Crippen LogP contribution in [0.3, 0.4) is 0 Å². The molecular formula is C13H17NO2S. The Hall–Kier alpha value is -1.42. The molecule has 92 valence electrons. The molecule has 0 atom stereocenters. The quantitative estimate of drug-likeness (QED) is 0.594. The first-order valence-corrected chi connectivity index (χ1v) is 6.09. The lowest BCUT2D eigenvalue weighted by Crippen LogP contribution is -2.32. The number of ether oxygens (including phenoxy) is 1. The number of carbonyl (C=O) groups excluding carboxylic acids is 1. The predicted octanol–water partition coefficient (Wildman–Crippen LogP) is 2.51. The summed E-state index contributed by atoms with van der Waals surface area (Å²) in [5.41, 5.74) is 0.648. The highest BCUT2D eigenvalue weighted by Gasteiger charge is 2.10. The smallest absolute Gasteiger partial charge is 0.259 e. The Kier molecular flexibility index (Phi) is 5.63. The van der Waals surface area contributed by atoms with E-state index in [0.717, 1.165) is 13.1 Å². The lowest BCUT2D eigenvalue weighted by molar-refractivity contribution is 0.0900. The maximum Gasteiger partial charge on any atom is 0.259 e. The van der Waals surface area contributed by atoms with Gasteiger partial charge in [0.05, 0.1) is 0 Å². The molecule has 1 aromatic carbocycles. The molecule has 0 radical (unpaired) electrons. The van der Waals surface area contributed by atoms with Crippen molar-refractivity contribution in [2.45, 2.75) is 13.8 Å². The fourth-order valence-electron chi connectivity index (χ4n) is 1.41. The van der Waals surface area contributed by atoms with Gasteiger partial charge in [-0.25, -0.2) is 0 Å². The monoisotopic (exact) mass is 251 g/mol. The summed E-state index contributed by atoms with van der Waals surface area (Å²) in [5.74, 6) is -0.0555. The number of carbonyl (C=O) groups is 1. The average Bonchev–Trinajstić information content (AvgIpc) is 2.38. The molecule has 0 saturated carbocycles. The Morgan fingerprint density at radius 3 is 2.35 bits per heavy atom. The van der Waals surface area contributed by atoms with E-state index in [0.29, 0.717) is 10.7 Å². The lowest BCUT2D eigenvalue weighted by atomic mass is 10.1. The molecule has 4 heteroatoms. The Balaban J connectivity index is 2.46. The van der Waals surface area contributed by atoms with Gasteiger partial charge in [-0.1, -0.05) is 30.3 Å². The third-order valence-corrected chi connectivity index (χ3v) is 2.82. The van der Waals surface area contributed by atoms with E-state index in [1.807, 2.05) is 36.9 Å². The highest BCUT2D eigenvalue weighted by Crippen LogP contribution is 2.01. The number of hydrogen-bond donors (Lipinski definition) is 0. The van der Waals surface area contributed by atoms with Gasteiger partial charge in [0.1, 0.15) is 0 Å². The molecule has 3 nitrogen and oxygen atoms in total. The number of thiocarbonyl (C=S) groups is 1. The van der Waals surface area contributed by atoms with Crippen molar-refractivity contribution in [3.63, 3.8) is 0 Å². The minimum absolute atomic E-state index is 0.000648. The molecule has 0 bridgehead atoms. The highest BCUT2D eigenvalue weighted by atomic mass is 32.1. The minimum Gasteiger partial charge on any atom is -0.463 e. The van der Waals surface area contributed by atoms with E-state index >= 15 is 0 Å². The van der Waals surface area contributed by atoms with Crippen molar-refractivity contribution in [2.75, 3.05) is 19.7 Å². The molecule has 0 spiro atoms. The molecule has 1 aromatic rings. The van der Waals surface area contributed by atoms with Crippen molar-refractivity contribution in [3.8, 4) is 0 Å². The molecular weight excluding hydrogens is 234 g/mol. The first-order chi connectivity index (χ1) is 8.19. The average molecular weight is 251 g/mol. The van der Waals surface area contributed by atoms with Crippen LogP contribution < -0.4 is 0 Å². The van der Waals surface area contributed by atoms with Gasteiger partial charge in [0.15, 0.2) is 12.4 Å². The van der Waals surface area contributed by atoms with Gasteiger partial charge in [-0.05, 0) is 26.1 Å². The van der Waals surface area contributed by atoms with Gasteiger partial charge in [0.25, 0.3) is 5.17 Å². The van der Waals surface area contributed by atoms with Crippen LogP contribution in [0.25, 0.3) is 0 Å². The van der Waals surface area contributed by atoms with E-state index < -0.39 is 0 Å². The molecule has 0 saturated heterocycles. The maximum absolute atomic E-state index is 11.7. The second-order valence-corrected chi connectivity index (χ2v) is 3.87. The molecule has 17 heavy (non-hydrogen) atoms. The van der Waals surface area contributed by atoms with Gasteiger partial charge in [-0.3, -0.25) is 4.79 Å². The van der Waals surface area contributed by atoms with Crippen LogP contribution in [-0.4, -0.2) is 35.6 Å². The topological polar surface area (TPSA) is 29.5 Å². The Morgan fingerprint density at radius 2 is 1.82 bits per heavy atom. The van der Waals surface area contributed by atoms with Gasteiger partial charge in [-0.15, -0.1) is 0 Å². The minimum atomic E-state index is -0.0555. The molecule has 0 amide bonds. The largest absolute Gasteiger partial charge is 0.463 e. The second kappa shape index (κ2) is 7.01. The fourth-order valence-corrected chi connectivity index (χ4v) is 1.72. The van der Waals surface area contributed by atoms with Crippen LogP contribution in [-0.2, 0) is 4.74 Å². The Bertz CT molecular complexity index is 374. The van der Waals surface area contributed by atoms with Crippen LogP contribution >= 0.6 is 12.2 Å². The molecule has 0 N–H and O–H groups in total. The summed E-state index contributed by atoms with van der Waals surface area (Å²) in [5, 5.41) is 0.388. The molecule has 0 unspecified atom stereocenters. The maximum atomic E-state index is 11.7. The highest BCUT2D eigenvalue weighted by molar-refractivity contribution is 7.80. The SMILES string of the molecule is CCN(CC)C(=S)OCC(=O)c1ccccc1. The van der Waals surface area contributed by atoms with Gasteiger partial charge in [0, 0.05) is 18.7 Å². The van der Waals surface area contributed by atoms with Crippen LogP contribution in [0.1, 0.15) is 24.2 Å². The molecule has 0 heterocycles. The van der Waals surface area contributed by atoms with E-state index in [2.05, 4.69) is 0 Å². The van der Waals surface area contributed by atoms with Crippen molar-refractivity contribution in [1.82, 2.24) is 4.90 Å². The first-order valence-electron chi connectivity index (χ1n) is 5.69. The number of rotatable bonds is 5. The van der Waals surface area contributed by atoms with Crippen LogP contribution in [0.5, 0.6) is 0 Å². The summed E-state index contributed by atoms with van der Waals surface area (Å²) in [4.78, 5) is 13.6. The van der Waals surface area contributed by atoms with Crippen molar-refractivity contribution in [1.29, 1.82) is 0 Å². The van der Waals surface area contributed by atoms with E-state index in [1.54, 1.807) is 12.1 Å². The summed E-state index contributed by atoms with van der Waals surface area (Å²) in [6, 6.07) is 9.07. The summed E-state index contributed by atoms with van der Waals surface area (Å²) in [6.45, 7) is 5.57. The molecule has 0 fully saturated rings. The Morgan fingerprint density at radius 1 is 1.24 bits per heavy atom. The summed E-state index contributed by atoms with van der Waals surface area (Å²) in [6.07, 6.45) is 0. The van der Waals surface area contributed by atoms with Crippen molar-refractivity contribution in [3.05, 3.63) is 35.9 Å². The van der Waals surface area contributed by atoms with E-state index in [9.17, 15) is 4.79 Å². The van der Waals surface area contributed by atoms with Crippen molar-refractivity contribution in [2.24, 2.45) is 0 Å². The number of Topliss-reactive ketones (excluding diaryl/α,β-unsaturated/α-hetero) is 1. The van der Waals surface area contributed by atoms with Crippen LogP contribution in [0.4, 0.5) is 0 Å². The summed E-state index contributed by atoms with van der Waals surface area (Å²) >= 11 is 5.09. The normalized spacial score (nSPS) is 9.76. The van der Waals surface area contributed by atoms with Crippen molar-refractivity contribution >= 4 is 23.2 Å². The zero-order valence-electron chi connectivity index (χ0n) is 10.2. The second-order valence-electron chi connectivity index (χ2n) is 3.52. The standard InChI is InChI=1S/C13H17NO2S/c1-3-14(4-2)13(17)16-10-12(15)11-8-6-5-7-9-11/h5-9H,3-4,10H2,1-2H3. The molecule has 0 aromatic heterocycles. The van der Waals surface area contributed by atoms with E-state index in [-0.39, 0.29) is 12.4 Å². The zero-order valence-corrected chi connectivity index (χ0v) is 11.0. The van der Waals surface area contributed by atoms with Gasteiger partial charge in [-0.2, -0.15) is 0 Å². The number of ketones is 1. The molecule has 0 aliphatic heterocycles. The van der Waals surface area contributed by atoms with E-state index in [4.69, 9.17) is 17.0 Å². The van der Waals surface area contributed by atoms with E-state index in [1.165, 1.54) is 0 Å². The Labute approximate surface area is 107 Å². The number of hydrogen-bond acceptors (Lipinski definition) is 3. The van der Waals surface area contributed by atoms with Gasteiger partial charge < -0.3 is 9.64 Å². The van der Waals surface area contributed by atoms with Crippen LogP contribution in [0.2, 0.25) is 0 Å². The van der Waals surface area contributed by atoms with Crippen molar-refractivity contribution < 1.29 is 9.53 Å². The number of benzene rings is 1. The van der Waals surface area contributed by atoms with Crippen LogP contribution in [0.15, 0.2) is 30.3 Å². The first kappa shape index (κ1) is 13.6. The number of nitrogens with zero attached hydrogens (tertiary/aromatic N) is 1. The fraction of sp³-hybridized carbons (Fsp3) is 0.385. The molecule has 0 aliphatic carbocycles. The summed E-state index contributed by atoms with van der Waals surface area (Å²) in [7, 11) is 0. The van der Waals surface area contributed by atoms with Gasteiger partial charge in [0.2, 0.25) is 0 Å². The third kappa shape index (κ3) is 4.15. The molecule has 1 rings (SSSR count). The molecule has 0 aliphatic rings. The summed E-state index contributed by atoms with van der Waals surface area (Å²) < 4.78 is 5.31. The lowest BCUT2D eigenvalue weighted by Gasteiger charge is -2.20. The zero-order chi connectivity index (χ0) is 12.7. The van der Waals surface area contributed by atoms with Crippen LogP contribution in [0, 0.1) is 0 Å². The third-order valence-electron chi connectivity index (χ3n) is 2.44.